The average molecular weight is 396 g/mol. The normalized spacial score (nSPS) is 21.5. The van der Waals surface area contributed by atoms with Gasteiger partial charge in [-0.25, -0.2) is 14.4 Å². The highest BCUT2D eigenvalue weighted by atomic mass is 19.1. The third-order valence-corrected chi connectivity index (χ3v) is 6.79. The second-order valence-electron chi connectivity index (χ2n) is 8.66. The van der Waals surface area contributed by atoms with Gasteiger partial charge < -0.3 is 4.90 Å². The van der Waals surface area contributed by atoms with Crippen LogP contribution in [0.5, 0.6) is 0 Å². The highest BCUT2D eigenvalue weighted by molar-refractivity contribution is 5.35. The molecule has 1 aliphatic carbocycles. The van der Waals surface area contributed by atoms with Crippen molar-refractivity contribution in [3.63, 3.8) is 0 Å². The van der Waals surface area contributed by atoms with E-state index in [1.54, 1.807) is 12.1 Å². The van der Waals surface area contributed by atoms with Crippen LogP contribution in [0.4, 0.5) is 10.3 Å². The molecule has 0 atom stereocenters. The number of halogens is 1. The fraction of sp³-hybridized carbons (Fsp3) is 0.565. The van der Waals surface area contributed by atoms with Gasteiger partial charge in [-0.3, -0.25) is 9.80 Å². The van der Waals surface area contributed by atoms with Gasteiger partial charge >= 0.3 is 0 Å². The van der Waals surface area contributed by atoms with Gasteiger partial charge in [-0.15, -0.1) is 0 Å². The lowest BCUT2D eigenvalue weighted by Crippen LogP contribution is -2.52. The first-order chi connectivity index (χ1) is 14.2. The molecule has 0 amide bonds. The summed E-state index contributed by atoms with van der Waals surface area (Å²) in [6.45, 7) is 7.03. The summed E-state index contributed by atoms with van der Waals surface area (Å²) in [6.07, 6.45) is 8.09. The van der Waals surface area contributed by atoms with Crippen molar-refractivity contribution in [2.24, 2.45) is 0 Å². The number of anilines is 1. The van der Waals surface area contributed by atoms with Crippen LogP contribution in [-0.2, 0) is 19.4 Å². The Kier molecular flexibility index (Phi) is 5.46. The van der Waals surface area contributed by atoms with Crippen molar-refractivity contribution in [1.29, 1.82) is 0 Å². The summed E-state index contributed by atoms with van der Waals surface area (Å²) >= 11 is 0. The van der Waals surface area contributed by atoms with E-state index >= 15 is 0 Å². The highest BCUT2D eigenvalue weighted by Crippen LogP contribution is 2.26. The topological polar surface area (TPSA) is 35.5 Å². The van der Waals surface area contributed by atoms with Gasteiger partial charge in [0.25, 0.3) is 0 Å². The zero-order valence-electron chi connectivity index (χ0n) is 17.1. The van der Waals surface area contributed by atoms with Crippen molar-refractivity contribution >= 4 is 5.95 Å². The molecule has 0 bridgehead atoms. The SMILES string of the molecule is Fc1cccc(CN2CCc3cnc(N4CCN(C5CCC5)CC4)nc3CC2)c1. The molecule has 0 radical (unpaired) electrons. The predicted molar refractivity (Wildman–Crippen MR) is 113 cm³/mol. The maximum absolute atomic E-state index is 13.5. The van der Waals surface area contributed by atoms with Gasteiger partial charge in [-0.1, -0.05) is 18.6 Å². The number of piperazine rings is 1. The van der Waals surface area contributed by atoms with Gasteiger partial charge in [0.1, 0.15) is 5.82 Å². The lowest BCUT2D eigenvalue weighted by molar-refractivity contribution is 0.120. The fourth-order valence-corrected chi connectivity index (χ4v) is 4.75. The summed E-state index contributed by atoms with van der Waals surface area (Å²) in [6, 6.07) is 7.76. The number of benzene rings is 1. The molecule has 5 rings (SSSR count). The Morgan fingerprint density at radius 3 is 2.59 bits per heavy atom. The van der Waals surface area contributed by atoms with Crippen molar-refractivity contribution in [2.75, 3.05) is 44.2 Å². The minimum absolute atomic E-state index is 0.159. The number of nitrogens with zero attached hydrogens (tertiary/aromatic N) is 5. The Bertz CT molecular complexity index is 845. The summed E-state index contributed by atoms with van der Waals surface area (Å²) in [7, 11) is 0. The van der Waals surface area contributed by atoms with Crippen LogP contribution in [0.2, 0.25) is 0 Å². The van der Waals surface area contributed by atoms with Crippen LogP contribution in [0, 0.1) is 5.82 Å². The van der Waals surface area contributed by atoms with E-state index in [0.29, 0.717) is 0 Å². The van der Waals surface area contributed by atoms with Crippen LogP contribution >= 0.6 is 0 Å². The van der Waals surface area contributed by atoms with E-state index in [1.807, 2.05) is 12.3 Å². The van der Waals surface area contributed by atoms with Gasteiger partial charge in [0.15, 0.2) is 0 Å². The van der Waals surface area contributed by atoms with Crippen molar-refractivity contribution < 1.29 is 4.39 Å². The van der Waals surface area contributed by atoms with Gasteiger partial charge in [-0.05, 0) is 42.5 Å². The summed E-state index contributed by atoms with van der Waals surface area (Å²) in [5, 5.41) is 0. The third kappa shape index (κ3) is 4.28. The molecular formula is C23H30FN5. The molecule has 5 nitrogen and oxygen atoms in total. The van der Waals surface area contributed by atoms with Gasteiger partial charge in [0.05, 0.1) is 5.69 Å². The van der Waals surface area contributed by atoms with Crippen molar-refractivity contribution in [3.8, 4) is 0 Å². The van der Waals surface area contributed by atoms with Crippen molar-refractivity contribution in [3.05, 3.63) is 53.1 Å². The van der Waals surface area contributed by atoms with Gasteiger partial charge in [0, 0.05) is 64.5 Å². The fourth-order valence-electron chi connectivity index (χ4n) is 4.75. The number of aromatic nitrogens is 2. The van der Waals surface area contributed by atoms with Crippen molar-refractivity contribution in [2.45, 2.75) is 44.7 Å². The molecule has 1 saturated heterocycles. The molecule has 154 valence electrons. The zero-order valence-corrected chi connectivity index (χ0v) is 17.1. The second-order valence-corrected chi connectivity index (χ2v) is 8.66. The largest absolute Gasteiger partial charge is 0.338 e. The molecule has 2 aromatic rings. The Morgan fingerprint density at radius 1 is 1.00 bits per heavy atom. The minimum atomic E-state index is -0.159. The molecular weight excluding hydrogens is 365 g/mol. The monoisotopic (exact) mass is 395 g/mol. The molecule has 1 aromatic heterocycles. The van der Waals surface area contributed by atoms with Crippen LogP contribution in [0.3, 0.4) is 0 Å². The quantitative estimate of drug-likeness (QED) is 0.796. The summed E-state index contributed by atoms with van der Waals surface area (Å²) in [4.78, 5) is 17.1. The molecule has 0 unspecified atom stereocenters. The smallest absolute Gasteiger partial charge is 0.225 e. The molecule has 6 heteroatoms. The Labute approximate surface area is 172 Å². The van der Waals surface area contributed by atoms with Crippen LogP contribution in [0.1, 0.15) is 36.1 Å². The molecule has 3 aliphatic rings. The molecule has 0 N–H and O–H groups in total. The number of rotatable bonds is 4. The maximum atomic E-state index is 13.5. The van der Waals surface area contributed by atoms with Crippen LogP contribution in [-0.4, -0.2) is 65.1 Å². The van der Waals surface area contributed by atoms with Gasteiger partial charge in [0.2, 0.25) is 5.95 Å². The van der Waals surface area contributed by atoms with E-state index in [1.165, 1.54) is 36.6 Å². The van der Waals surface area contributed by atoms with Crippen LogP contribution in [0.15, 0.2) is 30.5 Å². The Balaban J connectivity index is 1.21. The van der Waals surface area contributed by atoms with E-state index in [0.717, 1.165) is 76.2 Å². The van der Waals surface area contributed by atoms with E-state index < -0.39 is 0 Å². The number of hydrogen-bond donors (Lipinski definition) is 0. The average Bonchev–Trinajstić information content (AvgIpc) is 2.89. The second kappa shape index (κ2) is 8.36. The zero-order chi connectivity index (χ0) is 19.6. The molecule has 3 heterocycles. The molecule has 1 aromatic carbocycles. The molecule has 1 saturated carbocycles. The summed E-state index contributed by atoms with van der Waals surface area (Å²) in [5.74, 6) is 0.740. The number of fused-ring (bicyclic) bond motifs is 1. The molecule has 2 aliphatic heterocycles. The lowest BCUT2D eigenvalue weighted by Gasteiger charge is -2.43. The highest BCUT2D eigenvalue weighted by Gasteiger charge is 2.29. The first kappa shape index (κ1) is 18.9. The van der Waals surface area contributed by atoms with E-state index in [9.17, 15) is 4.39 Å². The maximum Gasteiger partial charge on any atom is 0.225 e. The van der Waals surface area contributed by atoms with Crippen molar-refractivity contribution in [1.82, 2.24) is 19.8 Å². The summed E-state index contributed by atoms with van der Waals surface area (Å²) in [5.41, 5.74) is 3.49. The third-order valence-electron chi connectivity index (χ3n) is 6.79. The molecule has 2 fully saturated rings. The minimum Gasteiger partial charge on any atom is -0.338 e. The van der Waals surface area contributed by atoms with E-state index in [4.69, 9.17) is 9.97 Å². The van der Waals surface area contributed by atoms with Crippen LogP contribution < -0.4 is 4.90 Å². The van der Waals surface area contributed by atoms with E-state index in [2.05, 4.69) is 14.7 Å². The predicted octanol–water partition coefficient (Wildman–Crippen LogP) is 2.89. The van der Waals surface area contributed by atoms with E-state index in [-0.39, 0.29) is 5.82 Å². The number of hydrogen-bond acceptors (Lipinski definition) is 5. The first-order valence-electron chi connectivity index (χ1n) is 11.1. The lowest BCUT2D eigenvalue weighted by atomic mass is 9.91. The van der Waals surface area contributed by atoms with Gasteiger partial charge in [-0.2, -0.15) is 0 Å². The molecule has 29 heavy (non-hydrogen) atoms. The Hall–Kier alpha value is -2.05. The first-order valence-corrected chi connectivity index (χ1v) is 11.1. The standard InChI is InChI=1S/C23H30FN5/c24-20-4-1-3-18(15-20)17-27-9-7-19-16-25-23(26-22(19)8-10-27)29-13-11-28(12-14-29)21-5-2-6-21/h1,3-4,15-16,21H,2,5-14,17H2. The Morgan fingerprint density at radius 2 is 1.83 bits per heavy atom. The molecule has 0 spiro atoms. The van der Waals surface area contributed by atoms with Crippen LogP contribution in [0.25, 0.3) is 0 Å². The summed E-state index contributed by atoms with van der Waals surface area (Å²) < 4.78 is 13.5.